The summed E-state index contributed by atoms with van der Waals surface area (Å²) < 4.78 is 1.22. The first-order chi connectivity index (χ1) is 3.79. The van der Waals surface area contributed by atoms with Crippen LogP contribution in [0.15, 0.2) is 24.3 Å². The van der Waals surface area contributed by atoms with Crippen molar-refractivity contribution in [2.45, 2.75) is 0 Å². The van der Waals surface area contributed by atoms with Crippen LogP contribution in [0.25, 0.3) is 0 Å². The first kappa shape index (κ1) is 9.04. The fraction of sp³-hybridized carbons (Fsp3) is 0. The number of nitrogens with two attached hydrogens (primary N) is 1. The lowest BCUT2D eigenvalue weighted by molar-refractivity contribution is 1.63. The molecule has 0 heterocycles. The summed E-state index contributed by atoms with van der Waals surface area (Å²) in [6, 6.07) is 7.75. The molecular formula is C6H7ClIN. The van der Waals surface area contributed by atoms with Gasteiger partial charge in [-0.15, -0.1) is 12.4 Å². The van der Waals surface area contributed by atoms with Crippen molar-refractivity contribution in [3.05, 3.63) is 27.8 Å². The Labute approximate surface area is 74.2 Å². The molecule has 0 saturated carbocycles. The van der Waals surface area contributed by atoms with E-state index in [-0.39, 0.29) is 12.4 Å². The van der Waals surface area contributed by atoms with E-state index in [0.29, 0.717) is 0 Å². The number of benzene rings is 1. The van der Waals surface area contributed by atoms with Crippen molar-refractivity contribution in [2.75, 3.05) is 5.73 Å². The van der Waals surface area contributed by atoms with Gasteiger partial charge in [0.2, 0.25) is 0 Å². The van der Waals surface area contributed by atoms with E-state index in [4.69, 9.17) is 5.73 Å². The Kier molecular flexibility index (Phi) is 3.97. The molecule has 0 bridgehead atoms. The molecule has 1 rings (SSSR count). The van der Waals surface area contributed by atoms with Crippen LogP contribution in [0.2, 0.25) is 0 Å². The van der Waals surface area contributed by atoms with E-state index in [1.165, 1.54) is 3.57 Å². The summed E-state index contributed by atoms with van der Waals surface area (Å²) in [5.41, 5.74) is 6.25. The Hall–Kier alpha value is 0.0400. The number of nitrogen functional groups attached to an aromatic ring is 1. The van der Waals surface area contributed by atoms with E-state index in [9.17, 15) is 0 Å². The summed E-state index contributed by atoms with van der Waals surface area (Å²) >= 11 is 2.24. The van der Waals surface area contributed by atoms with Crippen molar-refractivity contribution in [3.8, 4) is 0 Å². The average Bonchev–Trinajstić information content (AvgIpc) is 1.77. The minimum atomic E-state index is 0. The fourth-order valence-corrected chi connectivity index (χ4v) is 0.822. The van der Waals surface area contributed by atoms with E-state index in [1.54, 1.807) is 0 Å². The third-order valence-electron chi connectivity index (χ3n) is 0.870. The lowest BCUT2D eigenvalue weighted by atomic mass is 10.3. The molecule has 0 fully saturated rings. The van der Waals surface area contributed by atoms with Gasteiger partial charge in [-0.25, -0.2) is 0 Å². The van der Waals surface area contributed by atoms with Gasteiger partial charge < -0.3 is 5.73 Å². The predicted molar refractivity (Wildman–Crippen MR) is 50.8 cm³/mol. The predicted octanol–water partition coefficient (Wildman–Crippen LogP) is 2.30. The highest BCUT2D eigenvalue weighted by molar-refractivity contribution is 14.1. The molecule has 0 saturated heterocycles. The molecule has 0 amide bonds. The molecule has 50 valence electrons. The molecule has 1 aromatic carbocycles. The average molecular weight is 255 g/mol. The number of anilines is 1. The maximum Gasteiger partial charge on any atom is 0.0314 e. The zero-order chi connectivity index (χ0) is 5.98. The topological polar surface area (TPSA) is 26.0 Å². The van der Waals surface area contributed by atoms with Gasteiger partial charge in [-0.05, 0) is 46.9 Å². The minimum absolute atomic E-state index is 0. The molecule has 3 heteroatoms. The lowest BCUT2D eigenvalue weighted by Crippen LogP contribution is -1.81. The summed E-state index contributed by atoms with van der Waals surface area (Å²) in [6.45, 7) is 0. The summed E-state index contributed by atoms with van der Waals surface area (Å²) in [4.78, 5) is 0. The highest BCUT2D eigenvalue weighted by Gasteiger charge is 1.81. The molecule has 0 spiro atoms. The van der Waals surface area contributed by atoms with Gasteiger partial charge in [0, 0.05) is 9.26 Å². The van der Waals surface area contributed by atoms with Crippen molar-refractivity contribution >= 4 is 40.7 Å². The first-order valence-corrected chi connectivity index (χ1v) is 3.38. The second-order valence-corrected chi connectivity index (χ2v) is 2.80. The highest BCUT2D eigenvalue weighted by Crippen LogP contribution is 2.06. The van der Waals surface area contributed by atoms with Gasteiger partial charge in [0.25, 0.3) is 0 Å². The zero-order valence-electron chi connectivity index (χ0n) is 4.67. The normalized spacial score (nSPS) is 8.11. The number of hydrogen-bond acceptors (Lipinski definition) is 1. The maximum atomic E-state index is 5.42. The maximum absolute atomic E-state index is 5.42. The summed E-state index contributed by atoms with van der Waals surface area (Å²) in [5.74, 6) is 0. The van der Waals surface area contributed by atoms with E-state index >= 15 is 0 Å². The molecule has 0 aliphatic heterocycles. The van der Waals surface area contributed by atoms with E-state index < -0.39 is 0 Å². The van der Waals surface area contributed by atoms with Crippen molar-refractivity contribution in [3.63, 3.8) is 0 Å². The fourth-order valence-electron chi connectivity index (χ4n) is 0.463. The van der Waals surface area contributed by atoms with Crippen LogP contribution >= 0.6 is 35.0 Å². The van der Waals surface area contributed by atoms with Crippen LogP contribution in [0.3, 0.4) is 0 Å². The van der Waals surface area contributed by atoms with Crippen LogP contribution in [0.5, 0.6) is 0 Å². The summed E-state index contributed by atoms with van der Waals surface area (Å²) in [5, 5.41) is 0. The standard InChI is InChI=1S/C6H6IN.ClH/c7-5-1-3-6(8)4-2-5;/h1-4H,8H2;1H. The largest absolute Gasteiger partial charge is 0.399 e. The van der Waals surface area contributed by atoms with Crippen LogP contribution in [0.1, 0.15) is 0 Å². The molecule has 0 aliphatic rings. The second kappa shape index (κ2) is 3.95. The Morgan fingerprint density at radius 2 is 1.56 bits per heavy atom. The van der Waals surface area contributed by atoms with Crippen molar-refractivity contribution < 1.29 is 0 Å². The highest BCUT2D eigenvalue weighted by atomic mass is 127. The van der Waals surface area contributed by atoms with E-state index in [2.05, 4.69) is 22.6 Å². The van der Waals surface area contributed by atoms with Crippen LogP contribution in [-0.4, -0.2) is 0 Å². The number of rotatable bonds is 0. The Bertz CT molecular complexity index is 152. The molecule has 9 heavy (non-hydrogen) atoms. The Morgan fingerprint density at radius 3 is 1.89 bits per heavy atom. The zero-order valence-corrected chi connectivity index (χ0v) is 7.65. The Morgan fingerprint density at radius 1 is 1.11 bits per heavy atom. The molecular weight excluding hydrogens is 248 g/mol. The molecule has 0 unspecified atom stereocenters. The van der Waals surface area contributed by atoms with Crippen molar-refractivity contribution in [2.24, 2.45) is 0 Å². The minimum Gasteiger partial charge on any atom is -0.399 e. The molecule has 2 N–H and O–H groups in total. The molecule has 1 aromatic rings. The van der Waals surface area contributed by atoms with Crippen molar-refractivity contribution in [1.29, 1.82) is 0 Å². The van der Waals surface area contributed by atoms with Crippen LogP contribution in [0, 0.1) is 3.57 Å². The monoisotopic (exact) mass is 255 g/mol. The van der Waals surface area contributed by atoms with Gasteiger partial charge in [0.05, 0.1) is 0 Å². The van der Waals surface area contributed by atoms with Gasteiger partial charge in [-0.1, -0.05) is 0 Å². The summed E-state index contributed by atoms with van der Waals surface area (Å²) in [7, 11) is 0. The van der Waals surface area contributed by atoms with E-state index in [0.717, 1.165) is 5.69 Å². The van der Waals surface area contributed by atoms with Crippen molar-refractivity contribution in [1.82, 2.24) is 0 Å². The lowest BCUT2D eigenvalue weighted by Gasteiger charge is -1.89. The molecule has 0 atom stereocenters. The quantitative estimate of drug-likeness (QED) is 0.559. The van der Waals surface area contributed by atoms with Gasteiger partial charge >= 0.3 is 0 Å². The number of halogens is 2. The van der Waals surface area contributed by atoms with Gasteiger partial charge in [-0.2, -0.15) is 0 Å². The van der Waals surface area contributed by atoms with Crippen LogP contribution < -0.4 is 5.73 Å². The van der Waals surface area contributed by atoms with E-state index in [1.807, 2.05) is 24.3 Å². The second-order valence-electron chi connectivity index (χ2n) is 1.55. The third kappa shape index (κ3) is 2.91. The molecule has 0 radical (unpaired) electrons. The molecule has 1 nitrogen and oxygen atoms in total. The summed E-state index contributed by atoms with van der Waals surface area (Å²) in [6.07, 6.45) is 0. The molecule has 0 aromatic heterocycles. The van der Waals surface area contributed by atoms with Gasteiger partial charge in [0.1, 0.15) is 0 Å². The number of hydrogen-bond donors (Lipinski definition) is 1. The van der Waals surface area contributed by atoms with Gasteiger partial charge in [-0.3, -0.25) is 0 Å². The Balaban J connectivity index is 0.000000640. The smallest absolute Gasteiger partial charge is 0.0314 e. The molecule has 0 aliphatic carbocycles. The SMILES string of the molecule is Cl.Nc1ccc(I)cc1. The van der Waals surface area contributed by atoms with Crippen LogP contribution in [0.4, 0.5) is 5.69 Å². The first-order valence-electron chi connectivity index (χ1n) is 2.30. The third-order valence-corrected chi connectivity index (χ3v) is 1.59. The van der Waals surface area contributed by atoms with Crippen LogP contribution in [-0.2, 0) is 0 Å². The van der Waals surface area contributed by atoms with Gasteiger partial charge in [0.15, 0.2) is 0 Å².